The van der Waals surface area contributed by atoms with Gasteiger partial charge in [-0.2, -0.15) is 9.97 Å². The van der Waals surface area contributed by atoms with Crippen LogP contribution in [0.15, 0.2) is 18.5 Å². The summed E-state index contributed by atoms with van der Waals surface area (Å²) in [6, 6.07) is 4.37. The highest BCUT2D eigenvalue weighted by Crippen LogP contribution is 2.21. The van der Waals surface area contributed by atoms with Gasteiger partial charge in [0.25, 0.3) is 0 Å². The minimum Gasteiger partial charge on any atom is -0.368 e. The lowest BCUT2D eigenvalue weighted by molar-refractivity contribution is 1.06. The van der Waals surface area contributed by atoms with Gasteiger partial charge in [-0.1, -0.05) is 17.7 Å². The van der Waals surface area contributed by atoms with Crippen molar-refractivity contribution in [2.75, 3.05) is 11.1 Å². The first kappa shape index (κ1) is 13.4. The van der Waals surface area contributed by atoms with Crippen molar-refractivity contribution in [3.8, 4) is 0 Å². The molecule has 0 unspecified atom stereocenters. The molecule has 2 aromatic heterocycles. The zero-order chi connectivity index (χ0) is 15.0. The van der Waals surface area contributed by atoms with Gasteiger partial charge < -0.3 is 16.0 Å². The normalized spacial score (nSPS) is 11.0. The smallest absolute Gasteiger partial charge is 0.224 e. The van der Waals surface area contributed by atoms with Crippen LogP contribution in [0, 0.1) is 20.8 Å². The lowest BCUT2D eigenvalue weighted by Crippen LogP contribution is -2.07. The quantitative estimate of drug-likeness (QED) is 0.686. The first-order valence-electron chi connectivity index (χ1n) is 6.82. The summed E-state index contributed by atoms with van der Waals surface area (Å²) < 4.78 is 0. The fraction of sp³-hybridized carbons (Fsp3) is 0.267. The molecule has 0 fully saturated rings. The third kappa shape index (κ3) is 2.52. The van der Waals surface area contributed by atoms with Crippen molar-refractivity contribution in [2.24, 2.45) is 0 Å². The Hall–Kier alpha value is -2.63. The van der Waals surface area contributed by atoms with Gasteiger partial charge in [0.15, 0.2) is 11.5 Å². The maximum absolute atomic E-state index is 5.72. The fourth-order valence-electron chi connectivity index (χ4n) is 2.64. The van der Waals surface area contributed by atoms with Gasteiger partial charge in [-0.3, -0.25) is 0 Å². The Kier molecular flexibility index (Phi) is 3.21. The summed E-state index contributed by atoms with van der Waals surface area (Å²) in [4.78, 5) is 15.5. The number of aryl methyl sites for hydroxylation is 3. The van der Waals surface area contributed by atoms with Gasteiger partial charge in [-0.05, 0) is 37.5 Å². The Bertz CT molecular complexity index is 782. The minimum atomic E-state index is 0.217. The summed E-state index contributed by atoms with van der Waals surface area (Å²) in [6.07, 6.45) is 1.59. The Morgan fingerprint density at radius 3 is 2.57 bits per heavy atom. The predicted octanol–water partition coefficient (Wildman–Crippen LogP) is 2.47. The number of benzene rings is 1. The number of aromatic nitrogens is 4. The number of rotatable bonds is 3. The van der Waals surface area contributed by atoms with Crippen molar-refractivity contribution >= 4 is 22.9 Å². The van der Waals surface area contributed by atoms with Gasteiger partial charge >= 0.3 is 0 Å². The predicted molar refractivity (Wildman–Crippen MR) is 84.1 cm³/mol. The molecule has 0 atom stereocenters. The van der Waals surface area contributed by atoms with Crippen molar-refractivity contribution in [2.45, 2.75) is 27.3 Å². The van der Waals surface area contributed by atoms with Crippen molar-refractivity contribution in [1.82, 2.24) is 19.9 Å². The first-order valence-corrected chi connectivity index (χ1v) is 6.82. The highest BCUT2D eigenvalue weighted by Gasteiger charge is 2.10. The van der Waals surface area contributed by atoms with E-state index in [1.165, 1.54) is 22.3 Å². The first-order chi connectivity index (χ1) is 10.0. The third-order valence-electron chi connectivity index (χ3n) is 3.58. The Balaban J connectivity index is 1.92. The van der Waals surface area contributed by atoms with Gasteiger partial charge in [-0.25, -0.2) is 4.98 Å². The van der Waals surface area contributed by atoms with Crippen LogP contribution in [0.3, 0.4) is 0 Å². The average Bonchev–Trinajstić information content (AvgIpc) is 2.85. The molecular formula is C15H18N6. The van der Waals surface area contributed by atoms with E-state index in [0.29, 0.717) is 18.0 Å². The van der Waals surface area contributed by atoms with E-state index >= 15 is 0 Å². The van der Waals surface area contributed by atoms with E-state index in [0.717, 1.165) is 5.52 Å². The van der Waals surface area contributed by atoms with Crippen LogP contribution >= 0.6 is 0 Å². The number of hydrogen-bond donors (Lipinski definition) is 3. The fourth-order valence-corrected chi connectivity index (χ4v) is 2.64. The molecule has 6 heteroatoms. The monoisotopic (exact) mass is 282 g/mol. The van der Waals surface area contributed by atoms with Crippen LogP contribution in [-0.4, -0.2) is 19.9 Å². The number of nitrogens with zero attached hydrogens (tertiary/aromatic N) is 3. The number of fused-ring (bicyclic) bond motifs is 1. The lowest BCUT2D eigenvalue weighted by atomic mass is 10.00. The van der Waals surface area contributed by atoms with Crippen molar-refractivity contribution in [3.63, 3.8) is 0 Å². The molecule has 0 aliphatic rings. The van der Waals surface area contributed by atoms with Gasteiger partial charge in [0.05, 0.1) is 6.33 Å². The van der Waals surface area contributed by atoms with Crippen molar-refractivity contribution < 1.29 is 0 Å². The van der Waals surface area contributed by atoms with E-state index in [-0.39, 0.29) is 5.95 Å². The van der Waals surface area contributed by atoms with Gasteiger partial charge in [0.1, 0.15) is 5.52 Å². The van der Waals surface area contributed by atoms with Crippen molar-refractivity contribution in [1.29, 1.82) is 0 Å². The summed E-state index contributed by atoms with van der Waals surface area (Å²) >= 11 is 0. The number of aromatic amines is 1. The Labute approximate surface area is 122 Å². The highest BCUT2D eigenvalue weighted by atomic mass is 15.1. The average molecular weight is 282 g/mol. The van der Waals surface area contributed by atoms with E-state index in [4.69, 9.17) is 5.73 Å². The molecule has 0 radical (unpaired) electrons. The number of hydrogen-bond acceptors (Lipinski definition) is 5. The zero-order valence-electron chi connectivity index (χ0n) is 12.4. The molecule has 4 N–H and O–H groups in total. The Morgan fingerprint density at radius 2 is 1.86 bits per heavy atom. The van der Waals surface area contributed by atoms with E-state index < -0.39 is 0 Å². The van der Waals surface area contributed by atoms with Crippen LogP contribution in [0.2, 0.25) is 0 Å². The molecule has 3 rings (SSSR count). The van der Waals surface area contributed by atoms with Crippen molar-refractivity contribution in [3.05, 3.63) is 40.7 Å². The molecule has 3 aromatic rings. The van der Waals surface area contributed by atoms with Gasteiger partial charge in [0, 0.05) is 6.54 Å². The summed E-state index contributed by atoms with van der Waals surface area (Å²) in [5.41, 5.74) is 12.1. The van der Waals surface area contributed by atoms with E-state index in [1.807, 2.05) is 0 Å². The van der Waals surface area contributed by atoms with E-state index in [9.17, 15) is 0 Å². The minimum absolute atomic E-state index is 0.217. The maximum atomic E-state index is 5.72. The number of imidazole rings is 1. The summed E-state index contributed by atoms with van der Waals surface area (Å²) in [5, 5.41) is 3.33. The second-order valence-electron chi connectivity index (χ2n) is 5.26. The third-order valence-corrected chi connectivity index (χ3v) is 3.58. The molecule has 0 bridgehead atoms. The molecule has 0 aliphatic heterocycles. The van der Waals surface area contributed by atoms with Gasteiger partial charge in [-0.15, -0.1) is 0 Å². The van der Waals surface area contributed by atoms with Gasteiger partial charge in [0.2, 0.25) is 5.95 Å². The topological polar surface area (TPSA) is 92.5 Å². The lowest BCUT2D eigenvalue weighted by Gasteiger charge is -2.13. The molecular weight excluding hydrogens is 264 g/mol. The summed E-state index contributed by atoms with van der Waals surface area (Å²) in [5.74, 6) is 0.892. The molecule has 108 valence electrons. The number of H-pyrrole nitrogens is 1. The molecule has 0 aliphatic carbocycles. The SMILES string of the molecule is Cc1cc(C)c(CNc2nc(N)nc3nc[nH]c23)c(C)c1. The second kappa shape index (κ2) is 5.05. The summed E-state index contributed by atoms with van der Waals surface area (Å²) in [6.45, 7) is 7.03. The molecule has 21 heavy (non-hydrogen) atoms. The van der Waals surface area contributed by atoms with Crippen LogP contribution in [0.1, 0.15) is 22.3 Å². The molecule has 0 amide bonds. The molecule has 0 saturated carbocycles. The van der Waals surface area contributed by atoms with Crippen LogP contribution in [0.4, 0.5) is 11.8 Å². The largest absolute Gasteiger partial charge is 0.368 e. The number of nitrogen functional groups attached to an aromatic ring is 1. The van der Waals surface area contributed by atoms with E-state index in [1.54, 1.807) is 6.33 Å². The molecule has 0 spiro atoms. The summed E-state index contributed by atoms with van der Waals surface area (Å²) in [7, 11) is 0. The highest BCUT2D eigenvalue weighted by molar-refractivity contribution is 5.83. The van der Waals surface area contributed by atoms with Crippen LogP contribution in [-0.2, 0) is 6.54 Å². The van der Waals surface area contributed by atoms with Crippen LogP contribution in [0.5, 0.6) is 0 Å². The number of nitrogens with one attached hydrogen (secondary N) is 2. The van der Waals surface area contributed by atoms with Crippen LogP contribution in [0.25, 0.3) is 11.2 Å². The van der Waals surface area contributed by atoms with Crippen LogP contribution < -0.4 is 11.1 Å². The molecule has 1 aromatic carbocycles. The Morgan fingerprint density at radius 1 is 1.14 bits per heavy atom. The molecule has 6 nitrogen and oxygen atoms in total. The van der Waals surface area contributed by atoms with E-state index in [2.05, 4.69) is 58.2 Å². The second-order valence-corrected chi connectivity index (χ2v) is 5.26. The molecule has 0 saturated heterocycles. The zero-order valence-corrected chi connectivity index (χ0v) is 12.4. The standard InChI is InChI=1S/C15H18N6/c1-8-4-9(2)11(10(3)5-8)6-17-13-12-14(19-7-18-12)21-15(16)20-13/h4-5,7H,6H2,1-3H3,(H4,16,17,18,19,20,21). The maximum Gasteiger partial charge on any atom is 0.224 e. The molecule has 2 heterocycles. The number of nitrogens with two attached hydrogens (primary N) is 1. The number of anilines is 2.